The number of rotatable bonds is 4. The predicted octanol–water partition coefficient (Wildman–Crippen LogP) is 1.85. The summed E-state index contributed by atoms with van der Waals surface area (Å²) in [6.07, 6.45) is 2.09. The summed E-state index contributed by atoms with van der Waals surface area (Å²) in [6, 6.07) is 5.54. The lowest BCUT2D eigenvalue weighted by atomic mass is 10.1. The highest BCUT2D eigenvalue weighted by atomic mass is 79.9. The molecule has 0 aliphatic heterocycles. The molecule has 2 N–H and O–H groups in total. The topological polar surface area (TPSA) is 70.7 Å². The number of hydrogen-bond donors (Lipinski definition) is 2. The van der Waals surface area contributed by atoms with Crippen LogP contribution in [0.1, 0.15) is 21.7 Å². The van der Waals surface area contributed by atoms with Crippen molar-refractivity contribution >= 4 is 21.8 Å². The van der Waals surface area contributed by atoms with Gasteiger partial charge in [-0.15, -0.1) is 0 Å². The van der Waals surface area contributed by atoms with Crippen molar-refractivity contribution in [1.82, 2.24) is 20.5 Å². The molecule has 0 bridgehead atoms. The molecule has 1 aromatic carbocycles. The van der Waals surface area contributed by atoms with Gasteiger partial charge in [0.15, 0.2) is 0 Å². The number of benzene rings is 1. The fourth-order valence-corrected chi connectivity index (χ4v) is 1.86. The zero-order valence-electron chi connectivity index (χ0n) is 9.90. The minimum atomic E-state index is -0.0878. The molecular weight excluding hydrogens is 296 g/mol. The smallest absolute Gasteiger partial charge is 0.251 e. The third-order valence-corrected chi connectivity index (χ3v) is 3.40. The van der Waals surface area contributed by atoms with Crippen LogP contribution in [-0.2, 0) is 6.42 Å². The largest absolute Gasteiger partial charge is 0.352 e. The van der Waals surface area contributed by atoms with E-state index in [1.54, 1.807) is 0 Å². The van der Waals surface area contributed by atoms with Gasteiger partial charge in [-0.05, 0) is 24.6 Å². The summed E-state index contributed by atoms with van der Waals surface area (Å²) in [7, 11) is 0. The Labute approximate surface area is 113 Å². The van der Waals surface area contributed by atoms with Gasteiger partial charge in [-0.2, -0.15) is 5.10 Å². The molecule has 2 rings (SSSR count). The first-order chi connectivity index (χ1) is 8.66. The first-order valence-electron chi connectivity index (χ1n) is 5.55. The Balaban J connectivity index is 1.89. The van der Waals surface area contributed by atoms with E-state index in [0.29, 0.717) is 18.5 Å². The Morgan fingerprint density at radius 3 is 3.00 bits per heavy atom. The SMILES string of the molecule is Cc1ccc(C(=O)NCCc2ncn[nH]2)cc1Br. The number of nitrogens with zero attached hydrogens (tertiary/aromatic N) is 2. The Hall–Kier alpha value is -1.69. The van der Waals surface area contributed by atoms with Crippen molar-refractivity contribution in [3.63, 3.8) is 0 Å². The second-order valence-corrected chi connectivity index (χ2v) is 4.76. The number of H-pyrrole nitrogens is 1. The molecule has 0 fully saturated rings. The number of aryl methyl sites for hydroxylation is 1. The molecule has 0 saturated heterocycles. The van der Waals surface area contributed by atoms with Crippen LogP contribution in [0.5, 0.6) is 0 Å². The maximum absolute atomic E-state index is 11.9. The van der Waals surface area contributed by atoms with E-state index in [1.165, 1.54) is 6.33 Å². The first-order valence-corrected chi connectivity index (χ1v) is 6.34. The van der Waals surface area contributed by atoms with E-state index >= 15 is 0 Å². The molecule has 1 aromatic heterocycles. The van der Waals surface area contributed by atoms with Crippen molar-refractivity contribution in [1.29, 1.82) is 0 Å². The average molecular weight is 309 g/mol. The van der Waals surface area contributed by atoms with Crippen molar-refractivity contribution in [2.45, 2.75) is 13.3 Å². The molecule has 1 heterocycles. The van der Waals surface area contributed by atoms with E-state index in [4.69, 9.17) is 0 Å². The zero-order valence-corrected chi connectivity index (χ0v) is 11.5. The Bertz CT molecular complexity index is 539. The fourth-order valence-electron chi connectivity index (χ4n) is 1.48. The molecule has 2 aromatic rings. The van der Waals surface area contributed by atoms with Gasteiger partial charge in [0.1, 0.15) is 12.2 Å². The Morgan fingerprint density at radius 2 is 2.33 bits per heavy atom. The lowest BCUT2D eigenvalue weighted by Crippen LogP contribution is -2.26. The maximum atomic E-state index is 11.9. The van der Waals surface area contributed by atoms with Crippen molar-refractivity contribution in [2.24, 2.45) is 0 Å². The van der Waals surface area contributed by atoms with Gasteiger partial charge >= 0.3 is 0 Å². The van der Waals surface area contributed by atoms with Gasteiger partial charge in [0.25, 0.3) is 5.91 Å². The number of amides is 1. The van der Waals surface area contributed by atoms with E-state index in [2.05, 4.69) is 36.4 Å². The molecule has 0 atom stereocenters. The van der Waals surface area contributed by atoms with Crippen LogP contribution in [0.2, 0.25) is 0 Å². The highest BCUT2D eigenvalue weighted by molar-refractivity contribution is 9.10. The Morgan fingerprint density at radius 1 is 1.50 bits per heavy atom. The summed E-state index contributed by atoms with van der Waals surface area (Å²) in [6.45, 7) is 2.51. The number of carbonyl (C=O) groups excluding carboxylic acids is 1. The van der Waals surface area contributed by atoms with Gasteiger partial charge < -0.3 is 5.32 Å². The average Bonchev–Trinajstić information content (AvgIpc) is 2.85. The molecule has 0 spiro atoms. The van der Waals surface area contributed by atoms with Crippen LogP contribution in [0, 0.1) is 6.92 Å². The summed E-state index contributed by atoms with van der Waals surface area (Å²) >= 11 is 3.41. The van der Waals surface area contributed by atoms with Gasteiger partial charge in [0.05, 0.1) is 0 Å². The van der Waals surface area contributed by atoms with E-state index in [9.17, 15) is 4.79 Å². The molecule has 0 radical (unpaired) electrons. The number of carbonyl (C=O) groups is 1. The highest BCUT2D eigenvalue weighted by Crippen LogP contribution is 2.17. The standard InChI is InChI=1S/C12H13BrN4O/c1-8-2-3-9(6-10(8)13)12(18)14-5-4-11-15-7-16-17-11/h2-3,6-7H,4-5H2,1H3,(H,14,18)(H,15,16,17). The molecule has 94 valence electrons. The number of nitrogens with one attached hydrogen (secondary N) is 2. The number of halogens is 1. The molecule has 5 nitrogen and oxygen atoms in total. The second-order valence-electron chi connectivity index (χ2n) is 3.90. The van der Waals surface area contributed by atoms with E-state index in [1.807, 2.05) is 25.1 Å². The van der Waals surface area contributed by atoms with Crippen LogP contribution in [0.15, 0.2) is 29.0 Å². The summed E-state index contributed by atoms with van der Waals surface area (Å²) in [4.78, 5) is 15.8. The van der Waals surface area contributed by atoms with Crippen molar-refractivity contribution < 1.29 is 4.79 Å². The van der Waals surface area contributed by atoms with Crippen molar-refractivity contribution in [3.8, 4) is 0 Å². The highest BCUT2D eigenvalue weighted by Gasteiger charge is 2.06. The molecular formula is C12H13BrN4O. The van der Waals surface area contributed by atoms with Gasteiger partial charge in [0, 0.05) is 23.0 Å². The van der Waals surface area contributed by atoms with Crippen LogP contribution in [0.4, 0.5) is 0 Å². The van der Waals surface area contributed by atoms with Gasteiger partial charge in [-0.3, -0.25) is 9.89 Å². The van der Waals surface area contributed by atoms with Crippen LogP contribution in [0.25, 0.3) is 0 Å². The molecule has 0 saturated carbocycles. The maximum Gasteiger partial charge on any atom is 0.251 e. The lowest BCUT2D eigenvalue weighted by molar-refractivity contribution is 0.0954. The van der Waals surface area contributed by atoms with E-state index in [-0.39, 0.29) is 5.91 Å². The van der Waals surface area contributed by atoms with E-state index < -0.39 is 0 Å². The third-order valence-electron chi connectivity index (χ3n) is 2.55. The summed E-state index contributed by atoms with van der Waals surface area (Å²) in [5, 5.41) is 9.33. The number of hydrogen-bond acceptors (Lipinski definition) is 3. The molecule has 0 aliphatic rings. The number of aromatic nitrogens is 3. The van der Waals surface area contributed by atoms with Crippen molar-refractivity contribution in [3.05, 3.63) is 46.0 Å². The summed E-state index contributed by atoms with van der Waals surface area (Å²) in [5.41, 5.74) is 1.75. The van der Waals surface area contributed by atoms with Crippen LogP contribution < -0.4 is 5.32 Å². The van der Waals surface area contributed by atoms with Crippen LogP contribution >= 0.6 is 15.9 Å². The first kappa shape index (κ1) is 12.8. The fraction of sp³-hybridized carbons (Fsp3) is 0.250. The second kappa shape index (κ2) is 5.77. The molecule has 18 heavy (non-hydrogen) atoms. The van der Waals surface area contributed by atoms with Gasteiger partial charge in [0.2, 0.25) is 0 Å². The quantitative estimate of drug-likeness (QED) is 0.905. The van der Waals surface area contributed by atoms with Crippen LogP contribution in [0.3, 0.4) is 0 Å². The monoisotopic (exact) mass is 308 g/mol. The van der Waals surface area contributed by atoms with Gasteiger partial charge in [-0.25, -0.2) is 4.98 Å². The summed E-state index contributed by atoms with van der Waals surface area (Å²) in [5.74, 6) is 0.676. The minimum Gasteiger partial charge on any atom is -0.352 e. The number of aromatic amines is 1. The molecule has 6 heteroatoms. The zero-order chi connectivity index (χ0) is 13.0. The van der Waals surface area contributed by atoms with E-state index in [0.717, 1.165) is 15.9 Å². The predicted molar refractivity (Wildman–Crippen MR) is 71.3 cm³/mol. The van der Waals surface area contributed by atoms with Crippen molar-refractivity contribution in [2.75, 3.05) is 6.54 Å². The molecule has 0 unspecified atom stereocenters. The van der Waals surface area contributed by atoms with Crippen LogP contribution in [-0.4, -0.2) is 27.6 Å². The van der Waals surface area contributed by atoms with Gasteiger partial charge in [-0.1, -0.05) is 22.0 Å². The Kier molecular flexibility index (Phi) is 4.09. The minimum absolute atomic E-state index is 0.0878. The summed E-state index contributed by atoms with van der Waals surface area (Å²) < 4.78 is 0.936. The molecule has 0 aliphatic carbocycles. The normalized spacial score (nSPS) is 10.3. The third kappa shape index (κ3) is 3.16. The molecule has 1 amide bonds. The lowest BCUT2D eigenvalue weighted by Gasteiger charge is -2.05.